The van der Waals surface area contributed by atoms with Gasteiger partial charge in [0.05, 0.1) is 18.4 Å². The number of aliphatic carboxylic acids is 1. The molecule has 100 valence electrons. The van der Waals surface area contributed by atoms with E-state index in [1.807, 2.05) is 0 Å². The lowest BCUT2D eigenvalue weighted by atomic mass is 9.81. The first kappa shape index (κ1) is 14.5. The van der Waals surface area contributed by atoms with Gasteiger partial charge in [-0.15, -0.1) is 0 Å². The molecule has 0 heterocycles. The Morgan fingerprint density at radius 2 is 1.89 bits per heavy atom. The first-order chi connectivity index (χ1) is 8.12. The Morgan fingerprint density at radius 3 is 2.39 bits per heavy atom. The Bertz CT molecular complexity index is 549. The molecule has 0 bridgehead atoms. The maximum Gasteiger partial charge on any atom is 0.304 e. The average molecular weight is 271 g/mol. The van der Waals surface area contributed by atoms with Crippen LogP contribution in [0, 0.1) is 0 Å². The number of carboxylic acid groups (broad SMARTS) is 1. The second-order valence-electron chi connectivity index (χ2n) is 4.87. The Balaban J connectivity index is 3.20. The smallest absolute Gasteiger partial charge is 0.304 e. The number of nitrogens with one attached hydrogen (secondary N) is 1. The van der Waals surface area contributed by atoms with Crippen molar-refractivity contribution in [2.45, 2.75) is 25.7 Å². The Kier molecular flexibility index (Phi) is 4.01. The molecule has 0 unspecified atom stereocenters. The van der Waals surface area contributed by atoms with Crippen LogP contribution in [0.2, 0.25) is 0 Å². The monoisotopic (exact) mass is 271 g/mol. The van der Waals surface area contributed by atoms with Gasteiger partial charge in [0.1, 0.15) is 0 Å². The molecule has 0 aliphatic carbocycles. The van der Waals surface area contributed by atoms with Gasteiger partial charge >= 0.3 is 5.97 Å². The fourth-order valence-corrected chi connectivity index (χ4v) is 2.41. The van der Waals surface area contributed by atoms with Gasteiger partial charge in [-0.25, -0.2) is 8.42 Å². The van der Waals surface area contributed by atoms with Crippen LogP contribution in [-0.4, -0.2) is 25.7 Å². The summed E-state index contributed by atoms with van der Waals surface area (Å²) in [5.41, 5.74) is 0.434. The zero-order chi connectivity index (χ0) is 14.0. The summed E-state index contributed by atoms with van der Waals surface area (Å²) in [5, 5.41) is 8.90. The highest BCUT2D eigenvalue weighted by Gasteiger charge is 2.27. The first-order valence-corrected chi connectivity index (χ1v) is 7.30. The summed E-state index contributed by atoms with van der Waals surface area (Å²) in [6, 6.07) is 6.82. The fourth-order valence-electron chi connectivity index (χ4n) is 1.84. The maximum absolute atomic E-state index is 11.3. The molecule has 0 spiro atoms. The summed E-state index contributed by atoms with van der Waals surface area (Å²) in [6.45, 7) is 3.54. The zero-order valence-electron chi connectivity index (χ0n) is 10.6. The molecule has 18 heavy (non-hydrogen) atoms. The lowest BCUT2D eigenvalue weighted by Gasteiger charge is -2.26. The van der Waals surface area contributed by atoms with Gasteiger partial charge in [-0.2, -0.15) is 0 Å². The third kappa shape index (κ3) is 4.03. The molecule has 1 aromatic carbocycles. The molecule has 0 aromatic heterocycles. The molecular weight excluding hydrogens is 254 g/mol. The number of hydrogen-bond acceptors (Lipinski definition) is 3. The normalized spacial score (nSPS) is 12.2. The van der Waals surface area contributed by atoms with Crippen LogP contribution >= 0.6 is 0 Å². The molecule has 1 aromatic rings. The Hall–Kier alpha value is -1.56. The van der Waals surface area contributed by atoms with E-state index in [4.69, 9.17) is 5.11 Å². The van der Waals surface area contributed by atoms with Gasteiger partial charge in [-0.05, 0) is 11.6 Å². The topological polar surface area (TPSA) is 83.5 Å². The zero-order valence-corrected chi connectivity index (χ0v) is 11.4. The van der Waals surface area contributed by atoms with Crippen LogP contribution in [0.25, 0.3) is 0 Å². The van der Waals surface area contributed by atoms with E-state index in [0.717, 1.165) is 6.26 Å². The highest BCUT2D eigenvalue weighted by atomic mass is 32.2. The van der Waals surface area contributed by atoms with Gasteiger partial charge in [-0.3, -0.25) is 9.52 Å². The van der Waals surface area contributed by atoms with Crippen molar-refractivity contribution >= 4 is 21.7 Å². The van der Waals surface area contributed by atoms with Gasteiger partial charge in [0.25, 0.3) is 0 Å². The quantitative estimate of drug-likeness (QED) is 0.855. The van der Waals surface area contributed by atoms with Crippen molar-refractivity contribution in [2.24, 2.45) is 0 Å². The average Bonchev–Trinajstić information content (AvgIpc) is 2.13. The molecule has 0 radical (unpaired) electrons. The molecular formula is C12H17NO4S. The number of sulfonamides is 1. The van der Waals surface area contributed by atoms with E-state index in [1.54, 1.807) is 38.1 Å². The number of para-hydroxylation sites is 1. The van der Waals surface area contributed by atoms with Crippen molar-refractivity contribution in [3.05, 3.63) is 29.8 Å². The van der Waals surface area contributed by atoms with Crippen molar-refractivity contribution < 1.29 is 18.3 Å². The van der Waals surface area contributed by atoms with Crippen LogP contribution in [-0.2, 0) is 20.2 Å². The minimum atomic E-state index is -3.39. The first-order valence-electron chi connectivity index (χ1n) is 5.41. The number of carboxylic acids is 1. The minimum absolute atomic E-state index is 0.0740. The lowest BCUT2D eigenvalue weighted by Crippen LogP contribution is -2.24. The van der Waals surface area contributed by atoms with Crippen LogP contribution in [0.15, 0.2) is 24.3 Å². The third-order valence-electron chi connectivity index (χ3n) is 2.54. The number of benzene rings is 1. The van der Waals surface area contributed by atoms with E-state index < -0.39 is 21.4 Å². The Labute approximate surface area is 107 Å². The maximum atomic E-state index is 11.3. The molecule has 0 saturated carbocycles. The molecule has 2 N–H and O–H groups in total. The number of anilines is 1. The summed E-state index contributed by atoms with van der Waals surface area (Å²) in [6.07, 6.45) is 0.990. The molecule has 0 saturated heterocycles. The molecule has 0 aliphatic heterocycles. The fraction of sp³-hybridized carbons (Fsp3) is 0.417. The van der Waals surface area contributed by atoms with Crippen LogP contribution in [0.5, 0.6) is 0 Å². The van der Waals surface area contributed by atoms with Crippen molar-refractivity contribution in [3.8, 4) is 0 Å². The molecule has 0 amide bonds. The largest absolute Gasteiger partial charge is 0.481 e. The van der Waals surface area contributed by atoms with Gasteiger partial charge in [0.2, 0.25) is 10.0 Å². The lowest BCUT2D eigenvalue weighted by molar-refractivity contribution is -0.138. The summed E-state index contributed by atoms with van der Waals surface area (Å²) in [5.74, 6) is -0.922. The molecule has 0 aliphatic rings. The van der Waals surface area contributed by atoms with E-state index >= 15 is 0 Å². The minimum Gasteiger partial charge on any atom is -0.481 e. The van der Waals surface area contributed by atoms with Crippen molar-refractivity contribution in [1.82, 2.24) is 0 Å². The van der Waals surface area contributed by atoms with Gasteiger partial charge in [0.15, 0.2) is 0 Å². The van der Waals surface area contributed by atoms with Crippen LogP contribution in [0.4, 0.5) is 5.69 Å². The molecule has 0 fully saturated rings. The molecule has 0 atom stereocenters. The van der Waals surface area contributed by atoms with Crippen LogP contribution in [0.1, 0.15) is 25.8 Å². The summed E-state index contributed by atoms with van der Waals surface area (Å²) in [4.78, 5) is 10.8. The number of hydrogen-bond donors (Lipinski definition) is 2. The number of rotatable bonds is 5. The highest BCUT2D eigenvalue weighted by Crippen LogP contribution is 2.33. The van der Waals surface area contributed by atoms with E-state index in [9.17, 15) is 13.2 Å². The highest BCUT2D eigenvalue weighted by molar-refractivity contribution is 7.92. The second kappa shape index (κ2) is 4.97. The van der Waals surface area contributed by atoms with Crippen LogP contribution < -0.4 is 4.72 Å². The standard InChI is InChI=1S/C12H17NO4S/c1-12(2,8-11(14)15)9-6-4-5-7-10(9)13-18(3,16)17/h4-7,13H,8H2,1-3H3,(H,14,15). The van der Waals surface area contributed by atoms with Crippen molar-refractivity contribution in [1.29, 1.82) is 0 Å². The predicted molar refractivity (Wildman–Crippen MR) is 70.2 cm³/mol. The summed E-state index contributed by atoms with van der Waals surface area (Å²) < 4.78 is 25.0. The van der Waals surface area contributed by atoms with E-state index in [-0.39, 0.29) is 6.42 Å². The van der Waals surface area contributed by atoms with E-state index in [1.165, 1.54) is 0 Å². The van der Waals surface area contributed by atoms with Gasteiger partial charge < -0.3 is 5.11 Å². The van der Waals surface area contributed by atoms with Gasteiger partial charge in [-0.1, -0.05) is 32.0 Å². The third-order valence-corrected chi connectivity index (χ3v) is 3.14. The van der Waals surface area contributed by atoms with Crippen LogP contribution in [0.3, 0.4) is 0 Å². The molecule has 6 heteroatoms. The summed E-state index contributed by atoms with van der Waals surface area (Å²) in [7, 11) is -3.39. The second-order valence-corrected chi connectivity index (χ2v) is 6.62. The van der Waals surface area contributed by atoms with Crippen molar-refractivity contribution in [2.75, 3.05) is 11.0 Å². The molecule has 5 nitrogen and oxygen atoms in total. The molecule has 1 rings (SSSR count). The van der Waals surface area contributed by atoms with Crippen molar-refractivity contribution in [3.63, 3.8) is 0 Å². The summed E-state index contributed by atoms with van der Waals surface area (Å²) >= 11 is 0. The Morgan fingerprint density at radius 1 is 1.33 bits per heavy atom. The van der Waals surface area contributed by atoms with E-state index in [0.29, 0.717) is 11.3 Å². The SMILES string of the molecule is CC(C)(CC(=O)O)c1ccccc1NS(C)(=O)=O. The van der Waals surface area contributed by atoms with E-state index in [2.05, 4.69) is 4.72 Å². The number of carbonyl (C=O) groups is 1. The van der Waals surface area contributed by atoms with Gasteiger partial charge in [0, 0.05) is 5.41 Å². The predicted octanol–water partition coefficient (Wildman–Crippen LogP) is 1.81.